The third-order valence-electron chi connectivity index (χ3n) is 4.98. The van der Waals surface area contributed by atoms with Gasteiger partial charge in [-0.1, -0.05) is 36.0 Å². The average Bonchev–Trinajstić information content (AvgIpc) is 3.21. The first kappa shape index (κ1) is 24.3. The van der Waals surface area contributed by atoms with Gasteiger partial charge in [-0.3, -0.25) is 9.59 Å². The Labute approximate surface area is 198 Å². The highest BCUT2D eigenvalue weighted by atomic mass is 32.2. The second-order valence-electron chi connectivity index (χ2n) is 7.61. The second kappa shape index (κ2) is 11.5. The first-order valence-electron chi connectivity index (χ1n) is 10.7. The van der Waals surface area contributed by atoms with Crippen LogP contribution in [0.5, 0.6) is 5.75 Å². The van der Waals surface area contributed by atoms with Crippen molar-refractivity contribution >= 4 is 29.3 Å². The number of ether oxygens (including phenoxy) is 1. The Balaban J connectivity index is 1.56. The largest absolute Gasteiger partial charge is 0.497 e. The van der Waals surface area contributed by atoms with E-state index in [0.717, 1.165) is 22.6 Å². The number of benzene rings is 2. The van der Waals surface area contributed by atoms with E-state index in [1.54, 1.807) is 7.11 Å². The van der Waals surface area contributed by atoms with E-state index < -0.39 is 0 Å². The molecule has 3 rings (SSSR count). The summed E-state index contributed by atoms with van der Waals surface area (Å²) in [6.07, 6.45) is 0.259. The quantitative estimate of drug-likeness (QED) is 0.441. The van der Waals surface area contributed by atoms with E-state index in [-0.39, 0.29) is 30.0 Å². The molecule has 0 aliphatic carbocycles. The molecule has 0 bridgehead atoms. The maximum absolute atomic E-state index is 12.5. The van der Waals surface area contributed by atoms with Crippen molar-refractivity contribution in [3.8, 4) is 5.75 Å². The number of hydrogen-bond acceptors (Lipinski definition) is 6. The molecule has 0 spiro atoms. The van der Waals surface area contributed by atoms with E-state index in [2.05, 4.69) is 20.8 Å². The van der Waals surface area contributed by atoms with E-state index in [9.17, 15) is 9.59 Å². The fourth-order valence-corrected chi connectivity index (χ4v) is 4.17. The summed E-state index contributed by atoms with van der Waals surface area (Å²) < 4.78 is 7.07. The number of carbonyl (C=O) groups excluding carboxylic acids is 2. The Morgan fingerprint density at radius 3 is 2.55 bits per heavy atom. The maximum atomic E-state index is 12.5. The lowest BCUT2D eigenvalue weighted by atomic mass is 10.1. The highest BCUT2D eigenvalue weighted by Gasteiger charge is 2.20. The molecule has 9 heteroatoms. The molecule has 2 N–H and O–H groups in total. The zero-order chi connectivity index (χ0) is 23.8. The van der Waals surface area contributed by atoms with Gasteiger partial charge < -0.3 is 19.9 Å². The van der Waals surface area contributed by atoms with Crippen LogP contribution < -0.4 is 15.4 Å². The number of amides is 2. The molecule has 1 aromatic heterocycles. The van der Waals surface area contributed by atoms with Crippen LogP contribution in [-0.4, -0.2) is 39.4 Å². The van der Waals surface area contributed by atoms with Gasteiger partial charge in [-0.25, -0.2) is 0 Å². The van der Waals surface area contributed by atoms with Crippen molar-refractivity contribution < 1.29 is 14.3 Å². The first-order chi connectivity index (χ1) is 15.9. The molecular weight excluding hydrogens is 438 g/mol. The van der Waals surface area contributed by atoms with Gasteiger partial charge in [0.2, 0.25) is 11.8 Å². The fourth-order valence-electron chi connectivity index (χ4n) is 3.36. The number of nitrogens with zero attached hydrogens (tertiary/aromatic N) is 3. The van der Waals surface area contributed by atoms with Gasteiger partial charge >= 0.3 is 0 Å². The molecule has 33 heavy (non-hydrogen) atoms. The highest BCUT2D eigenvalue weighted by Crippen LogP contribution is 2.21. The molecule has 0 saturated heterocycles. The molecule has 2 amide bonds. The molecule has 174 valence electrons. The molecule has 2 aromatic carbocycles. The average molecular weight is 468 g/mol. The first-order valence-corrected chi connectivity index (χ1v) is 11.7. The van der Waals surface area contributed by atoms with Gasteiger partial charge in [0.25, 0.3) is 0 Å². The smallest absolute Gasteiger partial charge is 0.234 e. The molecule has 0 saturated carbocycles. The maximum Gasteiger partial charge on any atom is 0.234 e. The molecule has 0 fully saturated rings. The standard InChI is InChI=1S/C24H29N5O3S/c1-5-29-23(17(3)25-21(30)14-18-9-11-20(32-4)12-10-18)27-28-24(29)33-15-22(31)26-19-8-6-7-16(2)13-19/h6-13,17H,5,14-15H2,1-4H3,(H,25,30)(H,26,31)/t17-/m1/s1. The van der Waals surface area contributed by atoms with Crippen molar-refractivity contribution in [2.75, 3.05) is 18.2 Å². The van der Waals surface area contributed by atoms with E-state index in [1.807, 2.05) is 73.9 Å². The predicted octanol–water partition coefficient (Wildman–Crippen LogP) is 3.77. The number of thioether (sulfide) groups is 1. The summed E-state index contributed by atoms with van der Waals surface area (Å²) in [5.74, 6) is 1.40. The van der Waals surface area contributed by atoms with Crippen molar-refractivity contribution in [2.45, 2.75) is 44.9 Å². The second-order valence-corrected chi connectivity index (χ2v) is 8.55. The van der Waals surface area contributed by atoms with Crippen LogP contribution >= 0.6 is 11.8 Å². The number of methoxy groups -OCH3 is 1. The zero-order valence-electron chi connectivity index (χ0n) is 19.3. The zero-order valence-corrected chi connectivity index (χ0v) is 20.1. The summed E-state index contributed by atoms with van der Waals surface area (Å²) in [7, 11) is 1.61. The lowest BCUT2D eigenvalue weighted by Crippen LogP contribution is -2.30. The Hall–Kier alpha value is -3.33. The summed E-state index contributed by atoms with van der Waals surface area (Å²) in [5, 5.41) is 15.0. The lowest BCUT2D eigenvalue weighted by Gasteiger charge is -2.15. The van der Waals surface area contributed by atoms with Gasteiger partial charge in [-0.15, -0.1) is 10.2 Å². The van der Waals surface area contributed by atoms with Crippen molar-refractivity contribution in [1.29, 1.82) is 0 Å². The van der Waals surface area contributed by atoms with Crippen LogP contribution in [0.25, 0.3) is 0 Å². The van der Waals surface area contributed by atoms with Gasteiger partial charge in [0.05, 0.1) is 25.3 Å². The molecule has 0 aliphatic heterocycles. The number of carbonyl (C=O) groups is 2. The van der Waals surface area contributed by atoms with Gasteiger partial charge in [0, 0.05) is 12.2 Å². The Bertz CT molecular complexity index is 1100. The summed E-state index contributed by atoms with van der Waals surface area (Å²) in [6, 6.07) is 14.7. The van der Waals surface area contributed by atoms with Gasteiger partial charge in [0.15, 0.2) is 11.0 Å². The minimum absolute atomic E-state index is 0.106. The van der Waals surface area contributed by atoms with Gasteiger partial charge in [0.1, 0.15) is 5.75 Å². The molecule has 0 aliphatic rings. The summed E-state index contributed by atoms with van der Waals surface area (Å²) >= 11 is 1.32. The Morgan fingerprint density at radius 2 is 1.88 bits per heavy atom. The van der Waals surface area contributed by atoms with Crippen LogP contribution in [-0.2, 0) is 22.6 Å². The number of anilines is 1. The number of hydrogen-bond donors (Lipinski definition) is 2. The van der Waals surface area contributed by atoms with Crippen molar-refractivity contribution in [2.24, 2.45) is 0 Å². The molecule has 3 aromatic rings. The van der Waals surface area contributed by atoms with Crippen LogP contribution in [0.15, 0.2) is 53.7 Å². The SMILES string of the molecule is CCn1c(SCC(=O)Nc2cccc(C)c2)nnc1[C@@H](C)NC(=O)Cc1ccc(OC)cc1. The number of aromatic nitrogens is 3. The van der Waals surface area contributed by atoms with Crippen LogP contribution in [0.1, 0.15) is 36.8 Å². The third kappa shape index (κ3) is 6.82. The molecule has 0 radical (unpaired) electrons. The van der Waals surface area contributed by atoms with Crippen LogP contribution in [0, 0.1) is 6.92 Å². The normalized spacial score (nSPS) is 11.6. The Kier molecular flexibility index (Phi) is 8.48. The van der Waals surface area contributed by atoms with Crippen LogP contribution in [0.3, 0.4) is 0 Å². The molecule has 0 unspecified atom stereocenters. The van der Waals surface area contributed by atoms with E-state index >= 15 is 0 Å². The minimum atomic E-state index is -0.321. The monoisotopic (exact) mass is 467 g/mol. The van der Waals surface area contributed by atoms with Crippen molar-refractivity contribution in [3.63, 3.8) is 0 Å². The number of nitrogens with one attached hydrogen (secondary N) is 2. The Morgan fingerprint density at radius 1 is 1.12 bits per heavy atom. The molecule has 8 nitrogen and oxygen atoms in total. The lowest BCUT2D eigenvalue weighted by molar-refractivity contribution is -0.121. The summed E-state index contributed by atoms with van der Waals surface area (Å²) in [5.41, 5.74) is 2.75. The molecule has 1 heterocycles. The minimum Gasteiger partial charge on any atom is -0.497 e. The topological polar surface area (TPSA) is 98.1 Å². The van der Waals surface area contributed by atoms with Gasteiger partial charge in [-0.05, 0) is 56.2 Å². The molecule has 1 atom stereocenters. The fraction of sp³-hybridized carbons (Fsp3) is 0.333. The van der Waals surface area contributed by atoms with E-state index in [4.69, 9.17) is 4.74 Å². The highest BCUT2D eigenvalue weighted by molar-refractivity contribution is 7.99. The summed E-state index contributed by atoms with van der Waals surface area (Å²) in [4.78, 5) is 24.9. The number of aryl methyl sites for hydroxylation is 1. The molecular formula is C24H29N5O3S. The third-order valence-corrected chi connectivity index (χ3v) is 5.95. The predicted molar refractivity (Wildman–Crippen MR) is 129 cm³/mol. The van der Waals surface area contributed by atoms with Gasteiger partial charge in [-0.2, -0.15) is 0 Å². The van der Waals surface area contributed by atoms with E-state index in [0.29, 0.717) is 17.5 Å². The van der Waals surface area contributed by atoms with Crippen molar-refractivity contribution in [1.82, 2.24) is 20.1 Å². The number of rotatable bonds is 10. The van der Waals surface area contributed by atoms with Crippen LogP contribution in [0.2, 0.25) is 0 Å². The summed E-state index contributed by atoms with van der Waals surface area (Å²) in [6.45, 7) is 6.46. The van der Waals surface area contributed by atoms with Crippen molar-refractivity contribution in [3.05, 3.63) is 65.5 Å². The van der Waals surface area contributed by atoms with Crippen LogP contribution in [0.4, 0.5) is 5.69 Å². The van der Waals surface area contributed by atoms with E-state index in [1.165, 1.54) is 11.8 Å².